The van der Waals surface area contributed by atoms with Crippen molar-refractivity contribution in [2.24, 2.45) is 28.6 Å². The number of fused-ring (bicyclic) bond motifs is 5. The van der Waals surface area contributed by atoms with Gasteiger partial charge in [0, 0.05) is 5.57 Å². The van der Waals surface area contributed by atoms with Crippen LogP contribution >= 0.6 is 0 Å². The molecule has 0 saturated heterocycles. The van der Waals surface area contributed by atoms with Crippen LogP contribution in [0, 0.1) is 28.6 Å². The molecule has 4 heteroatoms. The number of hydrogen-bond donors (Lipinski definition) is 1. The van der Waals surface area contributed by atoms with Gasteiger partial charge in [-0.2, -0.15) is 4.79 Å². The van der Waals surface area contributed by atoms with Crippen LogP contribution in [0.1, 0.15) is 65.7 Å². The minimum atomic E-state index is -0.169. The van der Waals surface area contributed by atoms with Crippen LogP contribution in [0.2, 0.25) is 0 Å². The molecule has 6 atom stereocenters. The van der Waals surface area contributed by atoms with Gasteiger partial charge in [-0.05, 0) is 80.5 Å². The Morgan fingerprint density at radius 3 is 2.69 bits per heavy atom. The van der Waals surface area contributed by atoms with E-state index < -0.39 is 0 Å². The van der Waals surface area contributed by atoms with E-state index in [1.54, 1.807) is 0 Å². The van der Waals surface area contributed by atoms with Crippen molar-refractivity contribution in [2.75, 3.05) is 0 Å². The molecule has 4 nitrogen and oxygen atoms in total. The van der Waals surface area contributed by atoms with Crippen LogP contribution in [0.3, 0.4) is 0 Å². The molecule has 1 N–H and O–H groups in total. The molecular weight excluding hydrogens is 324 g/mol. The monoisotopic (exact) mass is 354 g/mol. The van der Waals surface area contributed by atoms with Crippen molar-refractivity contribution in [1.29, 1.82) is 0 Å². The van der Waals surface area contributed by atoms with Crippen LogP contribution in [0.4, 0.5) is 0 Å². The topological polar surface area (TPSA) is 73.7 Å². The Hall–Kier alpha value is -1.51. The van der Waals surface area contributed by atoms with Gasteiger partial charge in [-0.3, -0.25) is 4.79 Å². The number of aliphatic hydroxyl groups excluding tert-OH is 1. The van der Waals surface area contributed by atoms with E-state index in [1.807, 2.05) is 0 Å². The second kappa shape index (κ2) is 6.00. The number of ketones is 1. The molecule has 2 saturated carbocycles. The maximum atomic E-state index is 12.6. The molecule has 4 rings (SSSR count). The van der Waals surface area contributed by atoms with Gasteiger partial charge in [0.15, 0.2) is 0 Å². The number of hydrogen-bond acceptors (Lipinski definition) is 2. The van der Waals surface area contributed by atoms with Gasteiger partial charge in [-0.1, -0.05) is 31.1 Å². The van der Waals surface area contributed by atoms with Gasteiger partial charge < -0.3 is 10.6 Å². The maximum Gasteiger partial charge on any atom is 0.327 e. The lowest BCUT2D eigenvalue weighted by atomic mass is 9.47. The van der Waals surface area contributed by atoms with Crippen molar-refractivity contribution >= 4 is 12.0 Å². The number of carbonyl (C=O) groups excluding carboxylic acids is 1. The average Bonchev–Trinajstić information content (AvgIpc) is 2.86. The highest BCUT2D eigenvalue weighted by atomic mass is 16.3. The van der Waals surface area contributed by atoms with E-state index in [0.717, 1.165) is 56.7 Å². The molecule has 0 amide bonds. The fraction of sp³-hybridized carbons (Fsp3) is 0.727. The lowest BCUT2D eigenvalue weighted by Gasteiger charge is -2.57. The minimum absolute atomic E-state index is 0.0978. The second-order valence-electron chi connectivity index (χ2n) is 9.58. The van der Waals surface area contributed by atoms with Gasteiger partial charge in [0.05, 0.1) is 6.10 Å². The highest BCUT2D eigenvalue weighted by Crippen LogP contribution is 2.65. The summed E-state index contributed by atoms with van der Waals surface area (Å²) in [5.74, 6) is 1.63. The maximum absolute atomic E-state index is 12.6. The number of allylic oxidation sites excluding steroid dienone is 3. The molecule has 0 aliphatic heterocycles. The zero-order valence-corrected chi connectivity index (χ0v) is 16.2. The van der Waals surface area contributed by atoms with Crippen LogP contribution in [0.25, 0.3) is 5.53 Å². The molecular formula is C22H30N2O2. The molecule has 4 aliphatic rings. The summed E-state index contributed by atoms with van der Waals surface area (Å²) in [6.45, 7) is 6.76. The highest BCUT2D eigenvalue weighted by Gasteiger charge is 2.58. The molecule has 0 aromatic carbocycles. The van der Waals surface area contributed by atoms with Crippen LogP contribution in [0.5, 0.6) is 0 Å². The predicted octanol–water partition coefficient (Wildman–Crippen LogP) is 4.11. The first-order valence-corrected chi connectivity index (χ1v) is 10.1. The predicted molar refractivity (Wildman–Crippen MR) is 100 cm³/mol. The summed E-state index contributed by atoms with van der Waals surface area (Å²) in [6, 6.07) is 0. The third-order valence-corrected chi connectivity index (χ3v) is 8.41. The van der Waals surface area contributed by atoms with Crippen LogP contribution in [-0.2, 0) is 4.79 Å². The smallest absolute Gasteiger partial charge is 0.327 e. The zero-order valence-electron chi connectivity index (χ0n) is 16.2. The first-order valence-electron chi connectivity index (χ1n) is 10.1. The Balaban J connectivity index is 1.69. The van der Waals surface area contributed by atoms with Crippen LogP contribution < -0.4 is 0 Å². The second-order valence-corrected chi connectivity index (χ2v) is 9.58. The average molecular weight is 354 g/mol. The molecule has 0 aromatic rings. The Labute approximate surface area is 156 Å². The summed E-state index contributed by atoms with van der Waals surface area (Å²) in [6.07, 6.45) is 10.4. The summed E-state index contributed by atoms with van der Waals surface area (Å²) < 4.78 is 0. The van der Waals surface area contributed by atoms with Crippen molar-refractivity contribution in [3.05, 3.63) is 28.3 Å². The van der Waals surface area contributed by atoms with E-state index in [-0.39, 0.29) is 22.7 Å². The largest absolute Gasteiger partial charge is 0.393 e. The number of Topliss-reactive ketones (excluding diaryl/α,β-unsaturated/α-hetero) is 1. The Kier molecular flexibility index (Phi) is 4.13. The normalized spacial score (nSPS) is 44.4. The molecule has 0 aromatic heterocycles. The fourth-order valence-electron chi connectivity index (χ4n) is 7.18. The molecule has 140 valence electrons. The third kappa shape index (κ3) is 2.35. The standard InChI is InChI=1S/C22H30N2O2/c1-13-10-18-16-5-4-14-11-15(25)6-8-21(14,2)17(16)7-9-22(18,3)20(13)19(26)12-24-23/h4,12,15-18,25H,5-11H2,1-3H3/t15?,16-,17+,18+,21+,22+/m1/s1. The van der Waals surface area contributed by atoms with Crippen molar-refractivity contribution in [3.63, 3.8) is 0 Å². The molecule has 26 heavy (non-hydrogen) atoms. The van der Waals surface area contributed by atoms with E-state index in [2.05, 4.69) is 31.6 Å². The number of rotatable bonds is 2. The lowest BCUT2D eigenvalue weighted by molar-refractivity contribution is -0.115. The molecule has 1 unspecified atom stereocenters. The minimum Gasteiger partial charge on any atom is -0.393 e. The molecule has 2 fully saturated rings. The summed E-state index contributed by atoms with van der Waals surface area (Å²) in [5, 5.41) is 10.1. The molecule has 0 radical (unpaired) electrons. The van der Waals surface area contributed by atoms with E-state index in [0.29, 0.717) is 17.8 Å². The molecule has 0 spiro atoms. The first-order chi connectivity index (χ1) is 12.3. The third-order valence-electron chi connectivity index (χ3n) is 8.41. The van der Waals surface area contributed by atoms with Crippen molar-refractivity contribution in [1.82, 2.24) is 0 Å². The van der Waals surface area contributed by atoms with E-state index in [9.17, 15) is 9.90 Å². The van der Waals surface area contributed by atoms with Gasteiger partial charge in [-0.25, -0.2) is 0 Å². The first kappa shape index (κ1) is 17.9. The van der Waals surface area contributed by atoms with Gasteiger partial charge in [0.1, 0.15) is 0 Å². The Morgan fingerprint density at radius 2 is 1.96 bits per heavy atom. The van der Waals surface area contributed by atoms with E-state index in [1.165, 1.54) is 11.1 Å². The SMILES string of the molecule is CC1=C(C(=O)C=[N+]=[N-])[C@@]2(C)CC[C@H]3[C@@H](CC=C4CC(O)CC[C@@]43C)[C@@H]2C1. The summed E-state index contributed by atoms with van der Waals surface area (Å²) in [5.41, 5.74) is 12.5. The van der Waals surface area contributed by atoms with Gasteiger partial charge >= 0.3 is 6.21 Å². The molecule has 0 heterocycles. The quantitative estimate of drug-likeness (QED) is 0.351. The van der Waals surface area contributed by atoms with Crippen molar-refractivity contribution in [2.45, 2.75) is 71.8 Å². The van der Waals surface area contributed by atoms with Crippen molar-refractivity contribution < 1.29 is 14.7 Å². The summed E-state index contributed by atoms with van der Waals surface area (Å²) in [4.78, 5) is 15.6. The van der Waals surface area contributed by atoms with Gasteiger partial charge in [0.25, 0.3) is 5.78 Å². The molecule has 4 aliphatic carbocycles. The Bertz CT molecular complexity index is 760. The van der Waals surface area contributed by atoms with Gasteiger partial charge in [-0.15, -0.1) is 0 Å². The fourth-order valence-corrected chi connectivity index (χ4v) is 7.18. The Morgan fingerprint density at radius 1 is 1.23 bits per heavy atom. The van der Waals surface area contributed by atoms with Gasteiger partial charge in [0.2, 0.25) is 0 Å². The highest BCUT2D eigenvalue weighted by molar-refractivity contribution is 6.34. The van der Waals surface area contributed by atoms with E-state index >= 15 is 0 Å². The zero-order chi connectivity index (χ0) is 18.7. The number of carbonyl (C=O) groups is 1. The van der Waals surface area contributed by atoms with E-state index in [4.69, 9.17) is 5.53 Å². The summed E-state index contributed by atoms with van der Waals surface area (Å²) in [7, 11) is 0. The molecule has 0 bridgehead atoms. The van der Waals surface area contributed by atoms with Crippen LogP contribution in [-0.4, -0.2) is 28.0 Å². The van der Waals surface area contributed by atoms with Crippen LogP contribution in [0.15, 0.2) is 22.8 Å². The number of aliphatic hydroxyl groups is 1. The lowest BCUT2D eigenvalue weighted by Crippen LogP contribution is -2.50. The number of nitrogens with zero attached hydrogens (tertiary/aromatic N) is 2. The van der Waals surface area contributed by atoms with Crippen molar-refractivity contribution in [3.8, 4) is 0 Å². The summed E-state index contributed by atoms with van der Waals surface area (Å²) >= 11 is 0.